The fraction of sp³-hybridized carbons (Fsp3) is 0.0500. The smallest absolute Gasteiger partial charge is 0.0571 e. The molecule has 9 aromatic rings. The van der Waals surface area contributed by atoms with E-state index in [4.69, 9.17) is 0 Å². The van der Waals surface area contributed by atoms with Crippen LogP contribution in [0, 0.1) is 0 Å². The topological polar surface area (TPSA) is 43.8 Å². The molecule has 1 aliphatic rings. The largest absolute Gasteiger partial charge is 0.376 e. The van der Waals surface area contributed by atoms with Crippen LogP contribution in [0.2, 0.25) is 0 Å². The first-order valence-electron chi connectivity index (χ1n) is 15.6. The summed E-state index contributed by atoms with van der Waals surface area (Å²) in [6, 6.07) is 37.3. The van der Waals surface area contributed by atoms with Crippen LogP contribution in [0.3, 0.4) is 0 Å². The zero-order valence-corrected chi connectivity index (χ0v) is 25.2. The zero-order valence-electron chi connectivity index (χ0n) is 25.2. The molecule has 10 rings (SSSR count). The summed E-state index contributed by atoms with van der Waals surface area (Å²) in [5.41, 5.74) is 11.6. The van der Waals surface area contributed by atoms with E-state index in [-0.39, 0.29) is 0 Å². The number of benzene rings is 4. The summed E-state index contributed by atoms with van der Waals surface area (Å²) in [6.07, 6.45) is 12.2. The zero-order chi connectivity index (χ0) is 30.4. The maximum atomic E-state index is 4.50. The van der Waals surface area contributed by atoms with Crippen LogP contribution in [-0.4, -0.2) is 35.6 Å². The molecule has 46 heavy (non-hydrogen) atoms. The van der Waals surface area contributed by atoms with E-state index in [1.807, 2.05) is 24.8 Å². The highest BCUT2D eigenvalue weighted by molar-refractivity contribution is 6.10. The van der Waals surface area contributed by atoms with Crippen molar-refractivity contribution in [3.8, 4) is 17.1 Å². The first-order valence-corrected chi connectivity index (χ1v) is 15.6. The van der Waals surface area contributed by atoms with Gasteiger partial charge >= 0.3 is 0 Å². The summed E-state index contributed by atoms with van der Waals surface area (Å²) in [7, 11) is 2.14. The summed E-state index contributed by atoms with van der Waals surface area (Å²) < 4.78 is 7.21. The average molecular weight is 593 g/mol. The fourth-order valence-corrected chi connectivity index (χ4v) is 7.60. The van der Waals surface area contributed by atoms with E-state index in [0.717, 1.165) is 56.4 Å². The van der Waals surface area contributed by atoms with E-state index >= 15 is 0 Å². The van der Waals surface area contributed by atoms with Crippen molar-refractivity contribution < 1.29 is 0 Å². The predicted octanol–water partition coefficient (Wildman–Crippen LogP) is 9.03. The molecular formula is C40H28N6. The van der Waals surface area contributed by atoms with Gasteiger partial charge in [-0.1, -0.05) is 54.6 Å². The highest BCUT2D eigenvalue weighted by Gasteiger charge is 2.22. The van der Waals surface area contributed by atoms with Crippen molar-refractivity contribution in [3.05, 3.63) is 145 Å². The summed E-state index contributed by atoms with van der Waals surface area (Å²) in [4.78, 5) is 11.3. The van der Waals surface area contributed by atoms with Crippen LogP contribution < -0.4 is 0 Å². The van der Waals surface area contributed by atoms with E-state index in [1.165, 1.54) is 32.9 Å². The Morgan fingerprint density at radius 2 is 0.957 bits per heavy atom. The Kier molecular flexibility index (Phi) is 5.17. The van der Waals surface area contributed by atoms with Gasteiger partial charge < -0.3 is 18.6 Å². The molecule has 0 radical (unpaired) electrons. The summed E-state index contributed by atoms with van der Waals surface area (Å²) in [6.45, 7) is 0.867. The minimum atomic E-state index is 0.867. The van der Waals surface area contributed by atoms with Crippen molar-refractivity contribution in [3.63, 3.8) is 0 Å². The molecule has 0 atom stereocenters. The average Bonchev–Trinajstić information content (AvgIpc) is 3.74. The highest BCUT2D eigenvalue weighted by Crippen LogP contribution is 2.39. The quantitative estimate of drug-likeness (QED) is 0.206. The van der Waals surface area contributed by atoms with Crippen LogP contribution >= 0.6 is 0 Å². The number of rotatable bonds is 3. The van der Waals surface area contributed by atoms with Crippen LogP contribution in [0.1, 0.15) is 11.3 Å². The SMILES string of the molecule is CN1C=Cc2c(c3ccccc3n2-c2cc(-n3c4ccccc4c4cnccc43)cc(-n3c4ccccc4c4cnccc43)c2)C1. The van der Waals surface area contributed by atoms with Crippen LogP contribution in [0.25, 0.3) is 77.7 Å². The number of aromatic nitrogens is 5. The number of para-hydroxylation sites is 3. The van der Waals surface area contributed by atoms with Crippen molar-refractivity contribution >= 4 is 60.6 Å². The second kappa shape index (κ2) is 9.43. The van der Waals surface area contributed by atoms with Crippen molar-refractivity contribution in [2.75, 3.05) is 7.05 Å². The lowest BCUT2D eigenvalue weighted by atomic mass is 10.1. The molecule has 0 N–H and O–H groups in total. The third-order valence-electron chi connectivity index (χ3n) is 9.52. The molecule has 0 saturated heterocycles. The first kappa shape index (κ1) is 25.2. The molecule has 0 bridgehead atoms. The van der Waals surface area contributed by atoms with E-state index in [0.29, 0.717) is 0 Å². The van der Waals surface area contributed by atoms with E-state index < -0.39 is 0 Å². The van der Waals surface area contributed by atoms with Gasteiger partial charge in [0.05, 0.1) is 50.3 Å². The van der Waals surface area contributed by atoms with Gasteiger partial charge in [-0.2, -0.15) is 0 Å². The van der Waals surface area contributed by atoms with Gasteiger partial charge in [0.25, 0.3) is 0 Å². The molecular weight excluding hydrogens is 564 g/mol. The molecule has 5 aromatic heterocycles. The Labute approximate surface area is 264 Å². The molecule has 0 saturated carbocycles. The third kappa shape index (κ3) is 3.46. The standard InChI is InChI=1S/C40H28N6/c1-43-19-16-40-34(25-43)31-10-4-7-13-37(31)46(40)28-21-26(44-35-11-5-2-8-29(35)32-23-41-17-14-38(32)44)20-27(22-28)45-36-12-6-3-9-30(36)33-24-42-18-15-39(33)45/h2-24H,25H2,1H3. The Hall–Kier alpha value is -6.14. The Bertz CT molecular complexity index is 2460. The monoisotopic (exact) mass is 592 g/mol. The number of pyridine rings is 2. The molecule has 0 unspecified atom stereocenters. The summed E-state index contributed by atoms with van der Waals surface area (Å²) in [5.74, 6) is 0. The molecule has 0 aliphatic carbocycles. The normalized spacial score (nSPS) is 13.1. The Morgan fingerprint density at radius 1 is 0.500 bits per heavy atom. The molecule has 6 heterocycles. The van der Waals surface area contributed by atoms with Gasteiger partial charge in [-0.25, -0.2) is 0 Å². The lowest BCUT2D eigenvalue weighted by Gasteiger charge is -2.21. The number of hydrogen-bond donors (Lipinski definition) is 0. The van der Waals surface area contributed by atoms with Gasteiger partial charge in [-0.15, -0.1) is 0 Å². The maximum Gasteiger partial charge on any atom is 0.0571 e. The minimum absolute atomic E-state index is 0.867. The predicted molar refractivity (Wildman–Crippen MR) is 188 cm³/mol. The molecule has 0 amide bonds. The first-order chi connectivity index (χ1) is 22.7. The summed E-state index contributed by atoms with van der Waals surface area (Å²) >= 11 is 0. The van der Waals surface area contributed by atoms with Crippen LogP contribution in [0.5, 0.6) is 0 Å². The second-order valence-corrected chi connectivity index (χ2v) is 12.1. The van der Waals surface area contributed by atoms with Gasteiger partial charge in [0.2, 0.25) is 0 Å². The van der Waals surface area contributed by atoms with E-state index in [9.17, 15) is 0 Å². The molecule has 6 nitrogen and oxygen atoms in total. The lowest BCUT2D eigenvalue weighted by molar-refractivity contribution is 0.449. The number of nitrogens with zero attached hydrogens (tertiary/aromatic N) is 6. The number of fused-ring (bicyclic) bond motifs is 9. The summed E-state index contributed by atoms with van der Waals surface area (Å²) in [5, 5.41) is 5.95. The van der Waals surface area contributed by atoms with E-state index in [2.05, 4.69) is 151 Å². The van der Waals surface area contributed by atoms with Crippen molar-refractivity contribution in [1.82, 2.24) is 28.6 Å². The maximum absolute atomic E-state index is 4.50. The van der Waals surface area contributed by atoms with Crippen molar-refractivity contribution in [2.24, 2.45) is 0 Å². The van der Waals surface area contributed by atoms with Crippen LogP contribution in [-0.2, 0) is 6.54 Å². The minimum Gasteiger partial charge on any atom is -0.376 e. The van der Waals surface area contributed by atoms with Crippen molar-refractivity contribution in [2.45, 2.75) is 6.54 Å². The van der Waals surface area contributed by atoms with E-state index in [1.54, 1.807) is 0 Å². The second-order valence-electron chi connectivity index (χ2n) is 12.1. The van der Waals surface area contributed by atoms with Crippen LogP contribution in [0.15, 0.2) is 134 Å². The number of hydrogen-bond acceptors (Lipinski definition) is 3. The molecule has 0 fully saturated rings. The molecule has 6 heteroatoms. The van der Waals surface area contributed by atoms with Crippen molar-refractivity contribution in [1.29, 1.82) is 0 Å². The van der Waals surface area contributed by atoms with Gasteiger partial charge in [0.15, 0.2) is 0 Å². The molecule has 218 valence electrons. The Balaban J connectivity index is 1.36. The van der Waals surface area contributed by atoms with Gasteiger partial charge in [0.1, 0.15) is 0 Å². The third-order valence-corrected chi connectivity index (χ3v) is 9.52. The lowest BCUT2D eigenvalue weighted by Crippen LogP contribution is -2.15. The molecule has 4 aromatic carbocycles. The Morgan fingerprint density at radius 3 is 1.52 bits per heavy atom. The van der Waals surface area contributed by atoms with Gasteiger partial charge in [-0.05, 0) is 54.6 Å². The fourth-order valence-electron chi connectivity index (χ4n) is 7.60. The molecule has 0 spiro atoms. The van der Waals surface area contributed by atoms with Crippen LogP contribution in [0.4, 0.5) is 0 Å². The van der Waals surface area contributed by atoms with Gasteiger partial charge in [0, 0.05) is 77.1 Å². The molecule has 1 aliphatic heterocycles. The van der Waals surface area contributed by atoms with Gasteiger partial charge in [-0.3, -0.25) is 9.97 Å². The highest BCUT2D eigenvalue weighted by atomic mass is 15.1.